The van der Waals surface area contributed by atoms with Gasteiger partial charge in [0.05, 0.1) is 5.69 Å². The van der Waals surface area contributed by atoms with E-state index < -0.39 is 0 Å². The van der Waals surface area contributed by atoms with Crippen LogP contribution in [0.5, 0.6) is 0 Å². The van der Waals surface area contributed by atoms with Crippen LogP contribution < -0.4 is 11.5 Å². The molecule has 5 nitrogen and oxygen atoms in total. The van der Waals surface area contributed by atoms with Gasteiger partial charge in [0, 0.05) is 18.0 Å². The van der Waals surface area contributed by atoms with E-state index in [1.54, 1.807) is 29.1 Å². The number of nitrogens with two attached hydrogens (primary N) is 2. The summed E-state index contributed by atoms with van der Waals surface area (Å²) in [5.41, 5.74) is 12.8. The van der Waals surface area contributed by atoms with Crippen LogP contribution in [0.4, 0.5) is 11.5 Å². The maximum atomic E-state index is 5.77. The van der Waals surface area contributed by atoms with Gasteiger partial charge in [-0.05, 0) is 19.1 Å². The third-order valence-corrected chi connectivity index (χ3v) is 1.92. The van der Waals surface area contributed by atoms with Crippen LogP contribution in [-0.2, 0) is 0 Å². The van der Waals surface area contributed by atoms with Crippen molar-refractivity contribution in [2.24, 2.45) is 0 Å². The van der Waals surface area contributed by atoms with Gasteiger partial charge in [-0.2, -0.15) is 0 Å². The number of rotatable bonds is 1. The molecular formula is C9H11N5. The van der Waals surface area contributed by atoms with Gasteiger partial charge < -0.3 is 11.5 Å². The molecule has 2 heterocycles. The van der Waals surface area contributed by atoms with Gasteiger partial charge >= 0.3 is 0 Å². The Morgan fingerprint density at radius 1 is 1.36 bits per heavy atom. The van der Waals surface area contributed by atoms with Gasteiger partial charge in [0.15, 0.2) is 5.82 Å². The van der Waals surface area contributed by atoms with Gasteiger partial charge in [0.1, 0.15) is 5.82 Å². The molecule has 0 radical (unpaired) electrons. The summed E-state index contributed by atoms with van der Waals surface area (Å²) >= 11 is 0. The molecular weight excluding hydrogens is 178 g/mol. The van der Waals surface area contributed by atoms with Crippen LogP contribution in [0.1, 0.15) is 5.69 Å². The Balaban J connectivity index is 2.60. The second-order valence-corrected chi connectivity index (χ2v) is 3.04. The maximum absolute atomic E-state index is 5.77. The standard InChI is InChI=1S/C9H11N5/c1-6-5-8(11)13-14(6)9-7(10)3-2-4-12-9/h2-5H,10H2,1H3,(H2,11,13). The molecule has 2 rings (SSSR count). The summed E-state index contributed by atoms with van der Waals surface area (Å²) in [5, 5.41) is 4.09. The number of anilines is 2. The van der Waals surface area contributed by atoms with E-state index in [4.69, 9.17) is 11.5 Å². The quantitative estimate of drug-likeness (QED) is 0.693. The summed E-state index contributed by atoms with van der Waals surface area (Å²) in [6.07, 6.45) is 1.67. The first kappa shape index (κ1) is 8.55. The highest BCUT2D eigenvalue weighted by atomic mass is 15.3. The van der Waals surface area contributed by atoms with Gasteiger partial charge in [-0.15, -0.1) is 5.10 Å². The van der Waals surface area contributed by atoms with Crippen LogP contribution in [0.15, 0.2) is 24.4 Å². The Morgan fingerprint density at radius 3 is 2.71 bits per heavy atom. The lowest BCUT2D eigenvalue weighted by Crippen LogP contribution is -2.05. The van der Waals surface area contributed by atoms with Crippen LogP contribution in [0.2, 0.25) is 0 Å². The van der Waals surface area contributed by atoms with Crippen molar-refractivity contribution in [2.75, 3.05) is 11.5 Å². The van der Waals surface area contributed by atoms with Gasteiger partial charge in [-0.25, -0.2) is 9.67 Å². The first-order valence-electron chi connectivity index (χ1n) is 4.21. The fraction of sp³-hybridized carbons (Fsp3) is 0.111. The second-order valence-electron chi connectivity index (χ2n) is 3.04. The maximum Gasteiger partial charge on any atom is 0.176 e. The summed E-state index contributed by atoms with van der Waals surface area (Å²) < 4.78 is 1.63. The third-order valence-electron chi connectivity index (χ3n) is 1.92. The largest absolute Gasteiger partial charge is 0.396 e. The van der Waals surface area contributed by atoms with E-state index in [9.17, 15) is 0 Å². The zero-order chi connectivity index (χ0) is 10.1. The average molecular weight is 189 g/mol. The van der Waals surface area contributed by atoms with Crippen LogP contribution in [0.25, 0.3) is 5.82 Å². The topological polar surface area (TPSA) is 82.8 Å². The highest BCUT2D eigenvalue weighted by molar-refractivity contribution is 5.53. The molecule has 0 atom stereocenters. The van der Waals surface area contributed by atoms with Crippen molar-refractivity contribution in [2.45, 2.75) is 6.92 Å². The number of aryl methyl sites for hydroxylation is 1. The Labute approximate surface area is 81.4 Å². The summed E-state index contributed by atoms with van der Waals surface area (Å²) in [4.78, 5) is 4.14. The number of aromatic nitrogens is 3. The molecule has 72 valence electrons. The molecule has 0 bridgehead atoms. The number of pyridine rings is 1. The lowest BCUT2D eigenvalue weighted by molar-refractivity contribution is 0.824. The molecule has 2 aromatic rings. The average Bonchev–Trinajstić information content (AvgIpc) is 2.46. The smallest absolute Gasteiger partial charge is 0.176 e. The highest BCUT2D eigenvalue weighted by Crippen LogP contribution is 2.16. The van der Waals surface area contributed by atoms with Gasteiger partial charge in [0.2, 0.25) is 0 Å². The molecule has 0 unspecified atom stereocenters. The Bertz CT molecular complexity index is 460. The van der Waals surface area contributed by atoms with E-state index in [0.717, 1.165) is 5.69 Å². The lowest BCUT2D eigenvalue weighted by Gasteiger charge is -2.04. The fourth-order valence-corrected chi connectivity index (χ4v) is 1.30. The second kappa shape index (κ2) is 3.02. The summed E-state index contributed by atoms with van der Waals surface area (Å²) in [7, 11) is 0. The van der Waals surface area contributed by atoms with Crippen molar-refractivity contribution in [1.82, 2.24) is 14.8 Å². The third kappa shape index (κ3) is 1.28. The minimum atomic E-state index is 0.465. The zero-order valence-electron chi connectivity index (χ0n) is 7.81. The molecule has 4 N–H and O–H groups in total. The van der Waals surface area contributed by atoms with Crippen LogP contribution in [0, 0.1) is 6.92 Å². The number of nitrogens with zero attached hydrogens (tertiary/aromatic N) is 3. The molecule has 0 spiro atoms. The van der Waals surface area contributed by atoms with E-state index in [-0.39, 0.29) is 0 Å². The van der Waals surface area contributed by atoms with E-state index in [1.807, 2.05) is 6.92 Å². The van der Waals surface area contributed by atoms with Crippen molar-refractivity contribution in [3.63, 3.8) is 0 Å². The number of hydrogen-bond donors (Lipinski definition) is 2. The molecule has 0 aliphatic heterocycles. The molecule has 0 saturated carbocycles. The van der Waals surface area contributed by atoms with E-state index in [2.05, 4.69) is 10.1 Å². The van der Waals surface area contributed by atoms with Crippen molar-refractivity contribution >= 4 is 11.5 Å². The van der Waals surface area contributed by atoms with Gasteiger partial charge in [0.25, 0.3) is 0 Å². The number of nitrogen functional groups attached to an aromatic ring is 2. The molecule has 5 heteroatoms. The zero-order valence-corrected chi connectivity index (χ0v) is 7.81. The van der Waals surface area contributed by atoms with E-state index in [1.165, 1.54) is 0 Å². The normalized spacial score (nSPS) is 10.4. The Hall–Kier alpha value is -2.04. The SMILES string of the molecule is Cc1cc(N)nn1-c1ncccc1N. The predicted molar refractivity (Wildman–Crippen MR) is 54.9 cm³/mol. The first-order valence-corrected chi connectivity index (χ1v) is 4.21. The first-order chi connectivity index (χ1) is 6.68. The molecule has 0 amide bonds. The van der Waals surface area contributed by atoms with Crippen LogP contribution in [-0.4, -0.2) is 14.8 Å². The molecule has 2 aromatic heterocycles. The monoisotopic (exact) mass is 189 g/mol. The molecule has 0 saturated heterocycles. The van der Waals surface area contributed by atoms with Crippen LogP contribution >= 0.6 is 0 Å². The van der Waals surface area contributed by atoms with Gasteiger partial charge in [-0.1, -0.05) is 0 Å². The van der Waals surface area contributed by atoms with E-state index >= 15 is 0 Å². The molecule has 0 fully saturated rings. The molecule has 0 aliphatic carbocycles. The van der Waals surface area contributed by atoms with Crippen molar-refractivity contribution in [1.29, 1.82) is 0 Å². The lowest BCUT2D eigenvalue weighted by atomic mass is 10.4. The van der Waals surface area contributed by atoms with Crippen molar-refractivity contribution < 1.29 is 0 Å². The van der Waals surface area contributed by atoms with Crippen molar-refractivity contribution in [3.8, 4) is 5.82 Å². The number of hydrogen-bond acceptors (Lipinski definition) is 4. The summed E-state index contributed by atoms with van der Waals surface area (Å²) in [6, 6.07) is 5.33. The van der Waals surface area contributed by atoms with Crippen LogP contribution in [0.3, 0.4) is 0 Å². The fourth-order valence-electron chi connectivity index (χ4n) is 1.30. The minimum absolute atomic E-state index is 0.465. The molecule has 14 heavy (non-hydrogen) atoms. The molecule has 0 aromatic carbocycles. The Kier molecular flexibility index (Phi) is 1.85. The summed E-state index contributed by atoms with van der Waals surface area (Å²) in [5.74, 6) is 1.08. The van der Waals surface area contributed by atoms with Gasteiger partial charge in [-0.3, -0.25) is 0 Å². The highest BCUT2D eigenvalue weighted by Gasteiger charge is 2.07. The van der Waals surface area contributed by atoms with E-state index in [0.29, 0.717) is 17.3 Å². The summed E-state index contributed by atoms with van der Waals surface area (Å²) in [6.45, 7) is 1.90. The molecule has 0 aliphatic rings. The van der Waals surface area contributed by atoms with Crippen molar-refractivity contribution in [3.05, 3.63) is 30.1 Å². The minimum Gasteiger partial charge on any atom is -0.396 e. The Morgan fingerprint density at radius 2 is 2.14 bits per heavy atom. The predicted octanol–water partition coefficient (Wildman–Crippen LogP) is 0.740.